The SMILES string of the molecule is O=C(C1CCc2ccccc2C1)N1CCc2c(cccc2C(=O)N(c2ncccn2)C2CCNCC2)C1. The molecule has 1 N–H and O–H groups in total. The Kier molecular flexibility index (Phi) is 6.70. The van der Waals surface area contributed by atoms with Crippen LogP contribution in [0.4, 0.5) is 5.95 Å². The first-order valence-electron chi connectivity index (χ1n) is 13.5. The van der Waals surface area contributed by atoms with Gasteiger partial charge in [-0.05, 0) is 86.0 Å². The molecule has 1 unspecified atom stereocenters. The van der Waals surface area contributed by atoms with Crippen LogP contribution < -0.4 is 10.2 Å². The molecule has 1 aliphatic carbocycles. The average Bonchev–Trinajstić information content (AvgIpc) is 2.97. The molecule has 0 radical (unpaired) electrons. The lowest BCUT2D eigenvalue weighted by Gasteiger charge is -2.36. The highest BCUT2D eigenvalue weighted by Gasteiger charge is 2.34. The number of piperidine rings is 1. The van der Waals surface area contributed by atoms with E-state index in [1.807, 2.05) is 17.0 Å². The summed E-state index contributed by atoms with van der Waals surface area (Å²) in [5, 5.41) is 3.38. The number of nitrogens with one attached hydrogen (secondary N) is 1. The molecule has 190 valence electrons. The number of aromatic nitrogens is 2. The van der Waals surface area contributed by atoms with Crippen LogP contribution in [0, 0.1) is 5.92 Å². The van der Waals surface area contributed by atoms with Crippen molar-refractivity contribution in [3.8, 4) is 0 Å². The van der Waals surface area contributed by atoms with Crippen LogP contribution in [-0.4, -0.2) is 52.4 Å². The summed E-state index contributed by atoms with van der Waals surface area (Å²) in [5.74, 6) is 0.693. The van der Waals surface area contributed by atoms with Gasteiger partial charge in [0.15, 0.2) is 0 Å². The molecule has 1 fully saturated rings. The molecule has 1 atom stereocenters. The highest BCUT2D eigenvalue weighted by atomic mass is 16.2. The predicted octanol–water partition coefficient (Wildman–Crippen LogP) is 3.57. The molecule has 1 saturated heterocycles. The molecule has 2 aliphatic heterocycles. The summed E-state index contributed by atoms with van der Waals surface area (Å²) in [5.41, 5.74) is 5.52. The smallest absolute Gasteiger partial charge is 0.261 e. The molecule has 3 aromatic rings. The zero-order valence-corrected chi connectivity index (χ0v) is 21.1. The first kappa shape index (κ1) is 23.8. The normalized spacial score (nSPS) is 19.6. The van der Waals surface area contributed by atoms with Gasteiger partial charge >= 0.3 is 0 Å². The van der Waals surface area contributed by atoms with Crippen LogP contribution >= 0.6 is 0 Å². The summed E-state index contributed by atoms with van der Waals surface area (Å²) in [6.45, 7) is 2.94. The molecular formula is C30H33N5O2. The number of carbonyl (C=O) groups excluding carboxylic acids is 2. The van der Waals surface area contributed by atoms with Gasteiger partial charge in [-0.1, -0.05) is 36.4 Å². The topological polar surface area (TPSA) is 78.4 Å². The van der Waals surface area contributed by atoms with Crippen molar-refractivity contribution < 1.29 is 9.59 Å². The van der Waals surface area contributed by atoms with Crippen molar-refractivity contribution >= 4 is 17.8 Å². The van der Waals surface area contributed by atoms with Crippen molar-refractivity contribution in [2.24, 2.45) is 5.92 Å². The second kappa shape index (κ2) is 10.4. The van der Waals surface area contributed by atoms with E-state index in [1.165, 1.54) is 11.1 Å². The summed E-state index contributed by atoms with van der Waals surface area (Å²) in [4.78, 5) is 40.2. The van der Waals surface area contributed by atoms with Crippen molar-refractivity contribution in [3.63, 3.8) is 0 Å². The zero-order valence-electron chi connectivity index (χ0n) is 21.1. The Labute approximate surface area is 217 Å². The minimum Gasteiger partial charge on any atom is -0.338 e. The van der Waals surface area contributed by atoms with Gasteiger partial charge in [0.05, 0.1) is 0 Å². The Bertz CT molecular complexity index is 1290. The number of amides is 2. The van der Waals surface area contributed by atoms with E-state index in [-0.39, 0.29) is 23.8 Å². The maximum Gasteiger partial charge on any atom is 0.261 e. The Hall–Kier alpha value is -3.58. The summed E-state index contributed by atoms with van der Waals surface area (Å²) >= 11 is 0. The maximum atomic E-state index is 14.0. The van der Waals surface area contributed by atoms with Gasteiger partial charge in [0, 0.05) is 43.0 Å². The molecule has 1 aromatic heterocycles. The van der Waals surface area contributed by atoms with Crippen LogP contribution in [0.25, 0.3) is 0 Å². The van der Waals surface area contributed by atoms with Crippen LogP contribution in [0.15, 0.2) is 60.9 Å². The third-order valence-corrected chi connectivity index (χ3v) is 8.16. The van der Waals surface area contributed by atoms with Gasteiger partial charge in [0.2, 0.25) is 11.9 Å². The third-order valence-electron chi connectivity index (χ3n) is 8.16. The lowest BCUT2D eigenvalue weighted by atomic mass is 9.82. The largest absolute Gasteiger partial charge is 0.338 e. The molecule has 7 nitrogen and oxygen atoms in total. The van der Waals surface area contributed by atoms with Gasteiger partial charge in [-0.15, -0.1) is 0 Å². The van der Waals surface area contributed by atoms with Gasteiger partial charge in [-0.25, -0.2) is 9.97 Å². The van der Waals surface area contributed by atoms with Gasteiger partial charge in [-0.2, -0.15) is 0 Å². The zero-order chi connectivity index (χ0) is 25.2. The molecule has 7 heteroatoms. The first-order chi connectivity index (χ1) is 18.2. The molecule has 0 bridgehead atoms. The molecule has 0 spiro atoms. The number of benzene rings is 2. The van der Waals surface area contributed by atoms with E-state index in [2.05, 4.69) is 45.6 Å². The molecule has 2 amide bonds. The van der Waals surface area contributed by atoms with Crippen LogP contribution in [0.1, 0.15) is 51.9 Å². The molecular weight excluding hydrogens is 462 g/mol. The summed E-state index contributed by atoms with van der Waals surface area (Å²) in [7, 11) is 0. The number of aryl methyl sites for hydroxylation is 1. The number of hydrogen-bond acceptors (Lipinski definition) is 5. The standard InChI is InChI=1S/C30H33N5O2/c36-28(23-10-9-21-5-1-2-6-22(21)19-23)34-18-13-26-24(20-34)7-3-8-27(26)29(37)35(25-11-16-31-17-12-25)30-32-14-4-15-33-30/h1-8,14-15,23,25,31H,9-13,16-20H2. The van der Waals surface area contributed by atoms with E-state index in [0.717, 1.165) is 56.3 Å². The van der Waals surface area contributed by atoms with Crippen LogP contribution in [0.3, 0.4) is 0 Å². The van der Waals surface area contributed by atoms with E-state index in [4.69, 9.17) is 0 Å². The fraction of sp³-hybridized carbons (Fsp3) is 0.400. The minimum absolute atomic E-state index is 0.0342. The fourth-order valence-electron chi connectivity index (χ4n) is 6.19. The summed E-state index contributed by atoms with van der Waals surface area (Å²) < 4.78 is 0. The summed E-state index contributed by atoms with van der Waals surface area (Å²) in [6, 6.07) is 16.2. The monoisotopic (exact) mass is 495 g/mol. The lowest BCUT2D eigenvalue weighted by molar-refractivity contribution is -0.136. The van der Waals surface area contributed by atoms with E-state index in [9.17, 15) is 9.59 Å². The van der Waals surface area contributed by atoms with Gasteiger partial charge in [0.1, 0.15) is 0 Å². The van der Waals surface area contributed by atoms with E-state index >= 15 is 0 Å². The van der Waals surface area contributed by atoms with Crippen LogP contribution in [0.2, 0.25) is 0 Å². The lowest BCUT2D eigenvalue weighted by Crippen LogP contribution is -2.48. The predicted molar refractivity (Wildman–Crippen MR) is 142 cm³/mol. The van der Waals surface area contributed by atoms with Crippen LogP contribution in [0.5, 0.6) is 0 Å². The number of anilines is 1. The molecule has 6 rings (SSSR count). The van der Waals surface area contributed by atoms with Gasteiger partial charge in [-0.3, -0.25) is 14.5 Å². The number of fused-ring (bicyclic) bond motifs is 2. The maximum absolute atomic E-state index is 14.0. The van der Waals surface area contributed by atoms with Crippen LogP contribution in [-0.2, 0) is 30.6 Å². The highest BCUT2D eigenvalue weighted by molar-refractivity contribution is 6.06. The Morgan fingerprint density at radius 1 is 0.865 bits per heavy atom. The molecule has 2 aromatic carbocycles. The second-order valence-electron chi connectivity index (χ2n) is 10.4. The van der Waals surface area contributed by atoms with Crippen molar-refractivity contribution in [1.29, 1.82) is 0 Å². The average molecular weight is 496 g/mol. The van der Waals surface area contributed by atoms with E-state index < -0.39 is 0 Å². The number of nitrogens with zero attached hydrogens (tertiary/aromatic N) is 4. The fourth-order valence-corrected chi connectivity index (χ4v) is 6.19. The Morgan fingerprint density at radius 3 is 2.43 bits per heavy atom. The highest BCUT2D eigenvalue weighted by Crippen LogP contribution is 2.31. The van der Waals surface area contributed by atoms with Crippen molar-refractivity contribution in [3.05, 3.63) is 88.7 Å². The Morgan fingerprint density at radius 2 is 1.62 bits per heavy atom. The molecule has 3 aliphatic rings. The quantitative estimate of drug-likeness (QED) is 0.599. The van der Waals surface area contributed by atoms with Crippen molar-refractivity contribution in [1.82, 2.24) is 20.2 Å². The third kappa shape index (κ3) is 4.76. The number of rotatable bonds is 4. The minimum atomic E-state index is -0.0429. The van der Waals surface area contributed by atoms with E-state index in [1.54, 1.807) is 23.4 Å². The van der Waals surface area contributed by atoms with Crippen molar-refractivity contribution in [2.75, 3.05) is 24.5 Å². The van der Waals surface area contributed by atoms with E-state index in [0.29, 0.717) is 31.0 Å². The number of hydrogen-bond donors (Lipinski definition) is 1. The second-order valence-corrected chi connectivity index (χ2v) is 10.4. The summed E-state index contributed by atoms with van der Waals surface area (Å²) in [6.07, 6.45) is 8.48. The van der Waals surface area contributed by atoms with Gasteiger partial charge < -0.3 is 10.2 Å². The Balaban J connectivity index is 1.23. The molecule has 37 heavy (non-hydrogen) atoms. The number of carbonyl (C=O) groups is 2. The molecule has 0 saturated carbocycles. The first-order valence-corrected chi connectivity index (χ1v) is 13.5. The molecule has 3 heterocycles. The van der Waals surface area contributed by atoms with Gasteiger partial charge in [0.25, 0.3) is 5.91 Å². The van der Waals surface area contributed by atoms with Crippen molar-refractivity contribution in [2.45, 2.75) is 51.1 Å².